The van der Waals surface area contributed by atoms with Crippen molar-refractivity contribution >= 4 is 0 Å². The Balaban J connectivity index is 1.46. The molecule has 0 aromatic heterocycles. The van der Waals surface area contributed by atoms with E-state index in [1.54, 1.807) is 0 Å². The predicted molar refractivity (Wildman–Crippen MR) is 57.0 cm³/mol. The summed E-state index contributed by atoms with van der Waals surface area (Å²) in [6, 6.07) is 0.771. The third-order valence-corrected chi connectivity index (χ3v) is 3.67. The Morgan fingerprint density at radius 2 is 1.93 bits per heavy atom. The van der Waals surface area contributed by atoms with Crippen LogP contribution in [0.25, 0.3) is 0 Å². The Kier molecular flexibility index (Phi) is 2.92. The quantitative estimate of drug-likeness (QED) is 0.605. The zero-order valence-electron chi connectivity index (χ0n) is 9.23. The number of likely N-dealkylation sites (tertiary alicyclic amines) is 1. The third kappa shape index (κ3) is 2.50. The molecule has 15 heavy (non-hydrogen) atoms. The van der Waals surface area contributed by atoms with Gasteiger partial charge in [-0.1, -0.05) is 0 Å². The van der Waals surface area contributed by atoms with Crippen molar-refractivity contribution in [2.24, 2.45) is 0 Å². The highest BCUT2D eigenvalue weighted by atomic mass is 16.6. The van der Waals surface area contributed by atoms with Gasteiger partial charge in [0.2, 0.25) is 0 Å². The zero-order valence-corrected chi connectivity index (χ0v) is 9.23. The number of rotatable bonds is 3. The molecule has 0 aliphatic carbocycles. The summed E-state index contributed by atoms with van der Waals surface area (Å²) in [5, 5.41) is 0. The maximum atomic E-state index is 5.39. The zero-order chi connectivity index (χ0) is 10.1. The molecule has 3 aliphatic rings. The summed E-state index contributed by atoms with van der Waals surface area (Å²) in [4.78, 5) is 5.15. The Labute approximate surface area is 91.1 Å². The van der Waals surface area contributed by atoms with Crippen LogP contribution in [-0.2, 0) is 9.47 Å². The number of morpholine rings is 1. The summed E-state index contributed by atoms with van der Waals surface area (Å²) >= 11 is 0. The van der Waals surface area contributed by atoms with E-state index < -0.39 is 0 Å². The topological polar surface area (TPSA) is 28.2 Å². The molecule has 3 aliphatic heterocycles. The Morgan fingerprint density at radius 3 is 2.67 bits per heavy atom. The molecule has 3 fully saturated rings. The minimum absolute atomic E-state index is 0.549. The van der Waals surface area contributed by atoms with E-state index in [0.717, 1.165) is 45.5 Å². The molecule has 0 spiro atoms. The lowest BCUT2D eigenvalue weighted by atomic mass is 10.2. The smallest absolute Gasteiger partial charge is 0.0936 e. The lowest BCUT2D eigenvalue weighted by Gasteiger charge is -2.32. The molecule has 0 bridgehead atoms. The van der Waals surface area contributed by atoms with Crippen LogP contribution in [0.15, 0.2) is 0 Å². The van der Waals surface area contributed by atoms with Crippen molar-refractivity contribution in [3.05, 3.63) is 0 Å². The molecule has 0 aromatic rings. The third-order valence-electron chi connectivity index (χ3n) is 3.67. The summed E-state index contributed by atoms with van der Waals surface area (Å²) in [5.74, 6) is 0. The maximum Gasteiger partial charge on any atom is 0.0936 e. The second kappa shape index (κ2) is 4.37. The van der Waals surface area contributed by atoms with Gasteiger partial charge in [0.15, 0.2) is 0 Å². The summed E-state index contributed by atoms with van der Waals surface area (Å²) in [7, 11) is 0. The van der Waals surface area contributed by atoms with E-state index in [-0.39, 0.29) is 0 Å². The highest BCUT2D eigenvalue weighted by Gasteiger charge is 2.32. The van der Waals surface area contributed by atoms with E-state index in [1.165, 1.54) is 19.5 Å². The average molecular weight is 212 g/mol. The molecule has 0 aromatic carbocycles. The minimum Gasteiger partial charge on any atom is -0.379 e. The number of hydrogen-bond donors (Lipinski definition) is 0. The summed E-state index contributed by atoms with van der Waals surface area (Å²) < 4.78 is 10.7. The van der Waals surface area contributed by atoms with Gasteiger partial charge in [0, 0.05) is 32.2 Å². The van der Waals surface area contributed by atoms with Crippen molar-refractivity contribution in [1.29, 1.82) is 0 Å². The molecule has 1 unspecified atom stereocenters. The van der Waals surface area contributed by atoms with Gasteiger partial charge in [-0.25, -0.2) is 0 Å². The fourth-order valence-corrected chi connectivity index (χ4v) is 2.68. The van der Waals surface area contributed by atoms with E-state index in [4.69, 9.17) is 9.47 Å². The Hall–Kier alpha value is -0.160. The first-order chi connectivity index (χ1) is 7.42. The van der Waals surface area contributed by atoms with Crippen molar-refractivity contribution in [2.75, 3.05) is 52.5 Å². The molecule has 4 heteroatoms. The fraction of sp³-hybridized carbons (Fsp3) is 1.00. The van der Waals surface area contributed by atoms with Crippen molar-refractivity contribution in [3.8, 4) is 0 Å². The van der Waals surface area contributed by atoms with Crippen LogP contribution in [0.2, 0.25) is 0 Å². The Bertz CT molecular complexity index is 215. The number of ether oxygens (including phenoxy) is 2. The Morgan fingerprint density at radius 1 is 1.13 bits per heavy atom. The molecule has 86 valence electrons. The summed E-state index contributed by atoms with van der Waals surface area (Å²) in [6.07, 6.45) is 1.88. The summed E-state index contributed by atoms with van der Waals surface area (Å²) in [5.41, 5.74) is 0. The summed E-state index contributed by atoms with van der Waals surface area (Å²) in [6.45, 7) is 8.71. The van der Waals surface area contributed by atoms with E-state index >= 15 is 0 Å². The molecule has 0 radical (unpaired) electrons. The van der Waals surface area contributed by atoms with Gasteiger partial charge in [0.1, 0.15) is 0 Å². The van der Waals surface area contributed by atoms with Gasteiger partial charge in [-0.2, -0.15) is 0 Å². The molecule has 0 saturated carbocycles. The second-order valence-electron chi connectivity index (χ2n) is 4.81. The van der Waals surface area contributed by atoms with Crippen LogP contribution >= 0.6 is 0 Å². The highest BCUT2D eigenvalue weighted by molar-refractivity contribution is 4.87. The lowest BCUT2D eigenvalue weighted by Crippen LogP contribution is -2.44. The number of hydrogen-bond acceptors (Lipinski definition) is 4. The van der Waals surface area contributed by atoms with Crippen LogP contribution in [0, 0.1) is 0 Å². The molecule has 2 atom stereocenters. The number of nitrogens with zero attached hydrogens (tertiary/aromatic N) is 2. The lowest BCUT2D eigenvalue weighted by molar-refractivity contribution is 0.0184. The molecule has 3 saturated heterocycles. The van der Waals surface area contributed by atoms with Gasteiger partial charge in [-0.15, -0.1) is 0 Å². The van der Waals surface area contributed by atoms with Crippen molar-refractivity contribution < 1.29 is 9.47 Å². The van der Waals surface area contributed by atoms with Gasteiger partial charge >= 0.3 is 0 Å². The van der Waals surface area contributed by atoms with Crippen molar-refractivity contribution in [3.63, 3.8) is 0 Å². The predicted octanol–water partition coefficient (Wildman–Crippen LogP) is -0.208. The SMILES string of the molecule is C1CN(C2CCN(C[C@H]3CO3)C2)CCO1. The first-order valence-electron chi connectivity index (χ1n) is 6.07. The van der Waals surface area contributed by atoms with Gasteiger partial charge < -0.3 is 9.47 Å². The molecule has 3 heterocycles. The first-order valence-corrected chi connectivity index (χ1v) is 6.07. The molecule has 4 nitrogen and oxygen atoms in total. The largest absolute Gasteiger partial charge is 0.379 e. The van der Waals surface area contributed by atoms with Gasteiger partial charge in [-0.05, 0) is 13.0 Å². The average Bonchev–Trinajstić information content (AvgIpc) is 2.96. The van der Waals surface area contributed by atoms with Crippen molar-refractivity contribution in [1.82, 2.24) is 9.80 Å². The van der Waals surface area contributed by atoms with Crippen molar-refractivity contribution in [2.45, 2.75) is 18.6 Å². The standard InChI is InChI=1S/C11H20N2O2/c1-2-12(8-11-9-15-11)7-10(1)13-3-5-14-6-4-13/h10-11H,1-9H2/t10?,11-/m0/s1. The van der Waals surface area contributed by atoms with Crippen LogP contribution in [0.4, 0.5) is 0 Å². The number of epoxide rings is 1. The van der Waals surface area contributed by atoms with E-state index in [9.17, 15) is 0 Å². The minimum atomic E-state index is 0.549. The van der Waals surface area contributed by atoms with Gasteiger partial charge in [0.25, 0.3) is 0 Å². The van der Waals surface area contributed by atoms with Crippen LogP contribution in [0.1, 0.15) is 6.42 Å². The van der Waals surface area contributed by atoms with E-state index in [0.29, 0.717) is 6.10 Å². The fourth-order valence-electron chi connectivity index (χ4n) is 2.68. The van der Waals surface area contributed by atoms with Crippen LogP contribution in [0.5, 0.6) is 0 Å². The molecular formula is C11H20N2O2. The van der Waals surface area contributed by atoms with Crippen LogP contribution in [-0.4, -0.2) is 74.5 Å². The maximum absolute atomic E-state index is 5.39. The monoisotopic (exact) mass is 212 g/mol. The molecule has 0 N–H and O–H groups in total. The van der Waals surface area contributed by atoms with E-state index in [1.807, 2.05) is 0 Å². The van der Waals surface area contributed by atoms with Crippen LogP contribution in [0.3, 0.4) is 0 Å². The van der Waals surface area contributed by atoms with Gasteiger partial charge in [0.05, 0.1) is 25.9 Å². The van der Waals surface area contributed by atoms with E-state index in [2.05, 4.69) is 9.80 Å². The van der Waals surface area contributed by atoms with Crippen LogP contribution < -0.4 is 0 Å². The van der Waals surface area contributed by atoms with Gasteiger partial charge in [-0.3, -0.25) is 9.80 Å². The molecular weight excluding hydrogens is 192 g/mol. The molecule has 0 amide bonds. The normalized spacial score (nSPS) is 38.4. The highest BCUT2D eigenvalue weighted by Crippen LogP contribution is 2.19. The second-order valence-corrected chi connectivity index (χ2v) is 4.81. The molecule has 3 rings (SSSR count). The first kappa shape index (κ1) is 10.0.